The van der Waals surface area contributed by atoms with Crippen LogP contribution in [-0.2, 0) is 23.9 Å². The molecule has 1 heterocycles. The lowest BCUT2D eigenvalue weighted by molar-refractivity contribution is -0.159. The number of esters is 2. The summed E-state index contributed by atoms with van der Waals surface area (Å²) in [5.74, 6) is -1.54. The van der Waals surface area contributed by atoms with Crippen molar-refractivity contribution in [1.29, 1.82) is 0 Å². The first-order valence-corrected chi connectivity index (χ1v) is 9.99. The molecule has 28 heavy (non-hydrogen) atoms. The Morgan fingerprint density at radius 3 is 2.39 bits per heavy atom. The zero-order chi connectivity index (χ0) is 21.3. The highest BCUT2D eigenvalue weighted by molar-refractivity contribution is 5.84. The lowest BCUT2D eigenvalue weighted by Gasteiger charge is -2.29. The number of carbonyl (C=O) groups is 3. The highest BCUT2D eigenvalue weighted by atomic mass is 16.6. The maximum atomic E-state index is 13.0. The Bertz CT molecular complexity index is 578. The molecule has 0 radical (unpaired) electrons. The molecule has 0 aromatic rings. The maximum Gasteiger partial charge on any atom is 0.309 e. The number of rotatable bonds is 10. The van der Waals surface area contributed by atoms with Crippen molar-refractivity contribution in [2.75, 3.05) is 13.2 Å². The third-order valence-corrected chi connectivity index (χ3v) is 4.63. The molecule has 1 saturated heterocycles. The van der Waals surface area contributed by atoms with Crippen molar-refractivity contribution in [2.24, 2.45) is 11.8 Å². The maximum absolute atomic E-state index is 13.0. The summed E-state index contributed by atoms with van der Waals surface area (Å²) in [5, 5.41) is 0. The molecule has 0 N–H and O–H groups in total. The molecule has 1 fully saturated rings. The van der Waals surface area contributed by atoms with Gasteiger partial charge in [-0.15, -0.1) is 13.2 Å². The molecule has 1 aliphatic rings. The van der Waals surface area contributed by atoms with Gasteiger partial charge in [-0.25, -0.2) is 0 Å². The molecule has 6 heteroatoms. The fraction of sp³-hybridized carbons (Fsp3) is 0.682. The highest BCUT2D eigenvalue weighted by Gasteiger charge is 2.35. The van der Waals surface area contributed by atoms with E-state index in [0.29, 0.717) is 19.4 Å². The summed E-state index contributed by atoms with van der Waals surface area (Å²) >= 11 is 0. The molecule has 1 rings (SSSR count). The molecule has 0 aromatic carbocycles. The van der Waals surface area contributed by atoms with E-state index >= 15 is 0 Å². The van der Waals surface area contributed by atoms with Crippen molar-refractivity contribution in [3.05, 3.63) is 25.3 Å². The van der Waals surface area contributed by atoms with Gasteiger partial charge in [-0.05, 0) is 46.5 Å². The fourth-order valence-corrected chi connectivity index (χ4v) is 3.26. The SMILES string of the molecule is C=CCC(C)C(=O)OCC1CCCN1C(=O)C(CC=C)CC(=O)OC(C)(C)C. The van der Waals surface area contributed by atoms with E-state index in [4.69, 9.17) is 9.47 Å². The number of likely N-dealkylation sites (tertiary alicyclic amines) is 1. The van der Waals surface area contributed by atoms with Gasteiger partial charge in [0.15, 0.2) is 0 Å². The summed E-state index contributed by atoms with van der Waals surface area (Å²) < 4.78 is 10.8. The zero-order valence-corrected chi connectivity index (χ0v) is 17.7. The molecule has 6 nitrogen and oxygen atoms in total. The number of ether oxygens (including phenoxy) is 2. The number of nitrogens with zero attached hydrogens (tertiary/aromatic N) is 1. The summed E-state index contributed by atoms with van der Waals surface area (Å²) in [6.07, 6.45) is 5.94. The minimum Gasteiger partial charge on any atom is -0.463 e. The normalized spacial score (nSPS) is 18.9. The number of hydrogen-bond acceptors (Lipinski definition) is 5. The molecule has 1 aliphatic heterocycles. The molecular weight excluding hydrogens is 358 g/mol. The molecule has 0 aliphatic carbocycles. The Morgan fingerprint density at radius 1 is 1.18 bits per heavy atom. The molecule has 0 spiro atoms. The van der Waals surface area contributed by atoms with Crippen molar-refractivity contribution >= 4 is 17.8 Å². The predicted octanol–water partition coefficient (Wildman–Crippen LogP) is 3.66. The molecule has 158 valence electrons. The van der Waals surface area contributed by atoms with E-state index in [1.807, 2.05) is 0 Å². The van der Waals surface area contributed by atoms with Crippen LogP contribution in [-0.4, -0.2) is 47.5 Å². The van der Waals surface area contributed by atoms with Crippen LogP contribution in [0.3, 0.4) is 0 Å². The lowest BCUT2D eigenvalue weighted by atomic mass is 9.99. The second-order valence-corrected chi connectivity index (χ2v) is 8.40. The van der Waals surface area contributed by atoms with Crippen LogP contribution in [0.5, 0.6) is 0 Å². The third-order valence-electron chi connectivity index (χ3n) is 4.63. The van der Waals surface area contributed by atoms with Gasteiger partial charge in [0, 0.05) is 6.54 Å². The second kappa shape index (κ2) is 11.0. The molecule has 3 atom stereocenters. The van der Waals surface area contributed by atoms with E-state index in [2.05, 4.69) is 13.2 Å². The molecule has 1 amide bonds. The second-order valence-electron chi connectivity index (χ2n) is 8.40. The topological polar surface area (TPSA) is 72.9 Å². The predicted molar refractivity (Wildman–Crippen MR) is 108 cm³/mol. The van der Waals surface area contributed by atoms with Crippen LogP contribution in [0.1, 0.15) is 59.8 Å². The van der Waals surface area contributed by atoms with Crippen LogP contribution in [0.4, 0.5) is 0 Å². The molecular formula is C22H35NO5. The Hall–Kier alpha value is -2.11. The van der Waals surface area contributed by atoms with Crippen LogP contribution in [0.15, 0.2) is 25.3 Å². The van der Waals surface area contributed by atoms with Gasteiger partial charge in [-0.1, -0.05) is 19.1 Å². The first-order valence-electron chi connectivity index (χ1n) is 9.99. The van der Waals surface area contributed by atoms with Gasteiger partial charge in [-0.3, -0.25) is 14.4 Å². The summed E-state index contributed by atoms with van der Waals surface area (Å²) in [5.41, 5.74) is -0.592. The van der Waals surface area contributed by atoms with E-state index in [0.717, 1.165) is 12.8 Å². The smallest absolute Gasteiger partial charge is 0.309 e. The minimum absolute atomic E-state index is 0.0154. The van der Waals surface area contributed by atoms with Crippen LogP contribution in [0.25, 0.3) is 0 Å². The number of carbonyl (C=O) groups excluding carboxylic acids is 3. The molecule has 3 unspecified atom stereocenters. The van der Waals surface area contributed by atoms with Crippen molar-refractivity contribution in [1.82, 2.24) is 4.90 Å². The Balaban J connectivity index is 2.71. The highest BCUT2D eigenvalue weighted by Crippen LogP contribution is 2.24. The van der Waals surface area contributed by atoms with E-state index in [1.165, 1.54) is 0 Å². The van der Waals surface area contributed by atoms with Crippen molar-refractivity contribution < 1.29 is 23.9 Å². The van der Waals surface area contributed by atoms with Crippen LogP contribution >= 0.6 is 0 Å². The largest absolute Gasteiger partial charge is 0.463 e. The average Bonchev–Trinajstić information content (AvgIpc) is 3.05. The fourth-order valence-electron chi connectivity index (χ4n) is 3.26. The van der Waals surface area contributed by atoms with Crippen molar-refractivity contribution in [3.8, 4) is 0 Å². The number of allylic oxidation sites excluding steroid dienone is 2. The summed E-state index contributed by atoms with van der Waals surface area (Å²) in [4.78, 5) is 39.0. The third kappa shape index (κ3) is 7.87. The summed E-state index contributed by atoms with van der Waals surface area (Å²) in [6, 6.07) is -0.154. The van der Waals surface area contributed by atoms with Gasteiger partial charge in [-0.2, -0.15) is 0 Å². The summed E-state index contributed by atoms with van der Waals surface area (Å²) in [7, 11) is 0. The van der Waals surface area contributed by atoms with E-state index < -0.39 is 17.5 Å². The van der Waals surface area contributed by atoms with Gasteiger partial charge in [0.25, 0.3) is 0 Å². The first-order chi connectivity index (χ1) is 13.1. The standard InChI is InChI=1S/C22H35NO5/c1-7-10-16(3)21(26)27-15-18-12-9-13-23(18)20(25)17(11-8-2)14-19(24)28-22(4,5)6/h7-8,16-18H,1-2,9-15H2,3-6H3. The molecule has 0 saturated carbocycles. The monoisotopic (exact) mass is 393 g/mol. The van der Waals surface area contributed by atoms with Gasteiger partial charge in [0.2, 0.25) is 5.91 Å². The van der Waals surface area contributed by atoms with E-state index in [9.17, 15) is 14.4 Å². The number of hydrogen-bond donors (Lipinski definition) is 0. The Labute approximate surface area is 168 Å². The molecule has 0 aromatic heterocycles. The van der Waals surface area contributed by atoms with Crippen molar-refractivity contribution in [3.63, 3.8) is 0 Å². The van der Waals surface area contributed by atoms with Crippen molar-refractivity contribution in [2.45, 2.75) is 71.4 Å². The quantitative estimate of drug-likeness (QED) is 0.418. The molecule has 0 bridgehead atoms. The zero-order valence-electron chi connectivity index (χ0n) is 17.7. The van der Waals surface area contributed by atoms with Crippen LogP contribution in [0, 0.1) is 11.8 Å². The Kier molecular flexibility index (Phi) is 9.42. The Morgan fingerprint density at radius 2 is 1.82 bits per heavy atom. The summed E-state index contributed by atoms with van der Waals surface area (Å²) in [6.45, 7) is 15.3. The lowest BCUT2D eigenvalue weighted by Crippen LogP contribution is -2.43. The van der Waals surface area contributed by atoms with Crippen LogP contribution in [0.2, 0.25) is 0 Å². The minimum atomic E-state index is -0.592. The number of amides is 1. The van der Waals surface area contributed by atoms with E-state index in [1.54, 1.807) is 44.7 Å². The first kappa shape index (κ1) is 23.9. The van der Waals surface area contributed by atoms with Gasteiger partial charge < -0.3 is 14.4 Å². The average molecular weight is 394 g/mol. The van der Waals surface area contributed by atoms with Crippen LogP contribution < -0.4 is 0 Å². The van der Waals surface area contributed by atoms with E-state index in [-0.39, 0.29) is 36.9 Å². The van der Waals surface area contributed by atoms with Gasteiger partial charge in [0.1, 0.15) is 12.2 Å². The van der Waals surface area contributed by atoms with Gasteiger partial charge >= 0.3 is 11.9 Å². The van der Waals surface area contributed by atoms with Gasteiger partial charge in [0.05, 0.1) is 24.3 Å².